The maximum atomic E-state index is 10.8. The van der Waals surface area contributed by atoms with E-state index in [1.807, 2.05) is 32.0 Å². The molecule has 0 spiro atoms. The molecular formula is C13H13ClN2O2. The third-order valence-corrected chi connectivity index (χ3v) is 3.07. The Hall–Kier alpha value is -1.81. The average molecular weight is 265 g/mol. The van der Waals surface area contributed by atoms with E-state index in [9.17, 15) is 4.79 Å². The molecule has 2 rings (SSSR count). The second-order valence-electron chi connectivity index (χ2n) is 4.20. The predicted octanol–water partition coefficient (Wildman–Crippen LogP) is 2.90. The van der Waals surface area contributed by atoms with Crippen LogP contribution in [0, 0.1) is 13.8 Å². The molecule has 0 aliphatic rings. The molecule has 18 heavy (non-hydrogen) atoms. The van der Waals surface area contributed by atoms with Gasteiger partial charge in [0.05, 0.1) is 6.54 Å². The Kier molecular flexibility index (Phi) is 3.39. The summed E-state index contributed by atoms with van der Waals surface area (Å²) >= 11 is 5.95. The Labute approximate surface area is 110 Å². The van der Waals surface area contributed by atoms with Crippen molar-refractivity contribution in [2.75, 3.05) is 0 Å². The van der Waals surface area contributed by atoms with Crippen molar-refractivity contribution in [1.29, 1.82) is 0 Å². The third kappa shape index (κ3) is 2.54. The highest BCUT2D eigenvalue weighted by Gasteiger charge is 2.11. The van der Waals surface area contributed by atoms with Crippen molar-refractivity contribution in [1.82, 2.24) is 9.78 Å². The van der Waals surface area contributed by atoms with Crippen molar-refractivity contribution in [3.8, 4) is 0 Å². The van der Waals surface area contributed by atoms with Crippen molar-refractivity contribution < 1.29 is 9.90 Å². The van der Waals surface area contributed by atoms with Crippen molar-refractivity contribution in [3.63, 3.8) is 0 Å². The number of nitrogens with zero attached hydrogens (tertiary/aromatic N) is 2. The highest BCUT2D eigenvalue weighted by atomic mass is 35.5. The zero-order valence-electron chi connectivity index (χ0n) is 10.1. The van der Waals surface area contributed by atoms with Gasteiger partial charge in [-0.05, 0) is 43.2 Å². The second kappa shape index (κ2) is 4.82. The Balaban J connectivity index is 2.34. The van der Waals surface area contributed by atoms with Crippen LogP contribution in [0.1, 0.15) is 27.3 Å². The number of rotatable bonds is 3. The molecule has 0 aliphatic heterocycles. The second-order valence-corrected chi connectivity index (χ2v) is 4.64. The van der Waals surface area contributed by atoms with E-state index in [0.717, 1.165) is 16.8 Å². The molecule has 2 aromatic rings. The van der Waals surface area contributed by atoms with Crippen LogP contribution in [-0.4, -0.2) is 20.9 Å². The molecule has 0 aliphatic carbocycles. The number of carbonyl (C=O) groups is 1. The minimum atomic E-state index is -1.01. The summed E-state index contributed by atoms with van der Waals surface area (Å²) < 4.78 is 1.67. The Bertz CT molecular complexity index is 605. The van der Waals surface area contributed by atoms with Gasteiger partial charge in [0.25, 0.3) is 0 Å². The van der Waals surface area contributed by atoms with E-state index in [0.29, 0.717) is 11.6 Å². The molecule has 5 heteroatoms. The van der Waals surface area contributed by atoms with Gasteiger partial charge in [-0.1, -0.05) is 17.7 Å². The van der Waals surface area contributed by atoms with Gasteiger partial charge in [-0.25, -0.2) is 4.79 Å². The van der Waals surface area contributed by atoms with Crippen molar-refractivity contribution >= 4 is 17.6 Å². The van der Waals surface area contributed by atoms with Gasteiger partial charge >= 0.3 is 5.97 Å². The van der Waals surface area contributed by atoms with Gasteiger partial charge in [-0.3, -0.25) is 4.68 Å². The molecule has 0 saturated heterocycles. The van der Waals surface area contributed by atoms with Gasteiger partial charge in [0, 0.05) is 10.7 Å². The summed E-state index contributed by atoms with van der Waals surface area (Å²) in [6, 6.07) is 7.20. The van der Waals surface area contributed by atoms with E-state index >= 15 is 0 Å². The van der Waals surface area contributed by atoms with Crippen molar-refractivity contribution in [2.24, 2.45) is 0 Å². The minimum absolute atomic E-state index is 0.0622. The predicted molar refractivity (Wildman–Crippen MR) is 69.2 cm³/mol. The van der Waals surface area contributed by atoms with Gasteiger partial charge in [0.1, 0.15) is 0 Å². The van der Waals surface area contributed by atoms with Crippen LogP contribution in [-0.2, 0) is 6.54 Å². The van der Waals surface area contributed by atoms with Crippen LogP contribution in [0.15, 0.2) is 24.3 Å². The van der Waals surface area contributed by atoms with E-state index in [1.165, 1.54) is 0 Å². The van der Waals surface area contributed by atoms with E-state index in [1.54, 1.807) is 10.7 Å². The molecule has 0 unspecified atom stereocenters. The van der Waals surface area contributed by atoms with Crippen LogP contribution in [0.3, 0.4) is 0 Å². The lowest BCUT2D eigenvalue weighted by Crippen LogP contribution is -2.07. The van der Waals surface area contributed by atoms with Crippen LogP contribution < -0.4 is 0 Å². The van der Waals surface area contributed by atoms with Crippen molar-refractivity contribution in [2.45, 2.75) is 20.4 Å². The molecule has 1 aromatic carbocycles. The maximum absolute atomic E-state index is 10.8. The lowest BCUT2D eigenvalue weighted by molar-refractivity contribution is 0.0689. The monoisotopic (exact) mass is 264 g/mol. The number of hydrogen-bond donors (Lipinski definition) is 1. The molecule has 0 fully saturated rings. The van der Waals surface area contributed by atoms with Gasteiger partial charge in [0.15, 0.2) is 5.69 Å². The number of benzene rings is 1. The quantitative estimate of drug-likeness (QED) is 0.927. The minimum Gasteiger partial charge on any atom is -0.476 e. The van der Waals surface area contributed by atoms with E-state index in [-0.39, 0.29) is 5.69 Å². The number of carboxylic acids is 1. The van der Waals surface area contributed by atoms with Crippen LogP contribution in [0.25, 0.3) is 0 Å². The summed E-state index contributed by atoms with van der Waals surface area (Å²) in [6.07, 6.45) is 0. The first kappa shape index (κ1) is 12.6. The van der Waals surface area contributed by atoms with E-state index in [2.05, 4.69) is 5.10 Å². The Morgan fingerprint density at radius 3 is 2.72 bits per heavy atom. The fourth-order valence-electron chi connectivity index (χ4n) is 1.75. The van der Waals surface area contributed by atoms with Gasteiger partial charge < -0.3 is 5.11 Å². The summed E-state index contributed by atoms with van der Waals surface area (Å²) in [5.41, 5.74) is 3.01. The molecule has 0 bridgehead atoms. The molecule has 0 saturated carbocycles. The van der Waals surface area contributed by atoms with Crippen LogP contribution in [0.5, 0.6) is 0 Å². The van der Waals surface area contributed by atoms with Gasteiger partial charge in [0.2, 0.25) is 0 Å². The number of aromatic nitrogens is 2. The number of halogens is 1. The summed E-state index contributed by atoms with van der Waals surface area (Å²) in [5, 5.41) is 13.6. The summed E-state index contributed by atoms with van der Waals surface area (Å²) in [4.78, 5) is 10.8. The van der Waals surface area contributed by atoms with Crippen LogP contribution >= 0.6 is 11.6 Å². The molecule has 0 amide bonds. The SMILES string of the molecule is Cc1ccc(Cl)cc1Cn1nc(C(=O)O)cc1C. The number of aromatic carboxylic acids is 1. The highest BCUT2D eigenvalue weighted by Crippen LogP contribution is 2.17. The molecule has 1 aromatic heterocycles. The molecular weight excluding hydrogens is 252 g/mol. The number of aryl methyl sites for hydroxylation is 2. The van der Waals surface area contributed by atoms with Gasteiger partial charge in [-0.15, -0.1) is 0 Å². The first-order valence-electron chi connectivity index (χ1n) is 5.50. The first-order chi connectivity index (χ1) is 8.47. The lowest BCUT2D eigenvalue weighted by atomic mass is 10.1. The average Bonchev–Trinajstić information content (AvgIpc) is 2.66. The summed E-state index contributed by atoms with van der Waals surface area (Å²) in [6.45, 7) is 4.34. The highest BCUT2D eigenvalue weighted by molar-refractivity contribution is 6.30. The fourth-order valence-corrected chi connectivity index (χ4v) is 1.94. The zero-order valence-corrected chi connectivity index (χ0v) is 10.9. The van der Waals surface area contributed by atoms with Gasteiger partial charge in [-0.2, -0.15) is 5.10 Å². The van der Waals surface area contributed by atoms with Crippen molar-refractivity contribution in [3.05, 3.63) is 51.8 Å². The van der Waals surface area contributed by atoms with E-state index in [4.69, 9.17) is 16.7 Å². The molecule has 1 N–H and O–H groups in total. The smallest absolute Gasteiger partial charge is 0.356 e. The topological polar surface area (TPSA) is 55.1 Å². The van der Waals surface area contributed by atoms with Crippen LogP contribution in [0.4, 0.5) is 0 Å². The largest absolute Gasteiger partial charge is 0.476 e. The molecule has 0 radical (unpaired) electrons. The zero-order chi connectivity index (χ0) is 13.3. The third-order valence-electron chi connectivity index (χ3n) is 2.83. The Morgan fingerprint density at radius 1 is 1.39 bits per heavy atom. The summed E-state index contributed by atoms with van der Waals surface area (Å²) in [5.74, 6) is -1.01. The van der Waals surface area contributed by atoms with E-state index < -0.39 is 5.97 Å². The maximum Gasteiger partial charge on any atom is 0.356 e. The molecule has 1 heterocycles. The summed E-state index contributed by atoms with van der Waals surface area (Å²) in [7, 11) is 0. The standard InChI is InChI=1S/C13H13ClN2O2/c1-8-3-4-11(14)6-10(8)7-16-9(2)5-12(15-16)13(17)18/h3-6H,7H2,1-2H3,(H,17,18). The normalized spacial score (nSPS) is 10.6. The number of hydrogen-bond acceptors (Lipinski definition) is 2. The molecule has 4 nitrogen and oxygen atoms in total. The Morgan fingerprint density at radius 2 is 2.11 bits per heavy atom. The molecule has 94 valence electrons. The fraction of sp³-hybridized carbons (Fsp3) is 0.231. The first-order valence-corrected chi connectivity index (χ1v) is 5.88. The lowest BCUT2D eigenvalue weighted by Gasteiger charge is -2.08. The van der Waals surface area contributed by atoms with Crippen LogP contribution in [0.2, 0.25) is 5.02 Å². The molecule has 0 atom stereocenters. The number of carboxylic acid groups (broad SMARTS) is 1.